The molecule has 0 aliphatic carbocycles. The fourth-order valence-corrected chi connectivity index (χ4v) is 3.16. The van der Waals surface area contributed by atoms with E-state index >= 15 is 0 Å². The molecule has 2 aromatic rings. The number of carbonyl (C=O) groups excluding carboxylic acids is 1. The van der Waals surface area contributed by atoms with Crippen LogP contribution in [0.1, 0.15) is 28.7 Å². The Bertz CT molecular complexity index is 876. The maximum Gasteiger partial charge on any atom is 0.290 e. The zero-order chi connectivity index (χ0) is 17.2. The van der Waals surface area contributed by atoms with E-state index in [-0.39, 0.29) is 16.1 Å². The molecule has 0 fully saturated rings. The van der Waals surface area contributed by atoms with Gasteiger partial charge in [-0.05, 0) is 25.5 Å². The van der Waals surface area contributed by atoms with E-state index in [1.807, 2.05) is 6.92 Å². The highest BCUT2D eigenvalue weighted by atomic mass is 32.2. The number of carbonyl (C=O) groups is 1. The van der Waals surface area contributed by atoms with Crippen molar-refractivity contribution in [1.82, 2.24) is 5.16 Å². The third-order valence-corrected chi connectivity index (χ3v) is 4.89. The molecule has 1 amide bonds. The number of nitrogens with zero attached hydrogens (tertiary/aromatic N) is 3. The van der Waals surface area contributed by atoms with Crippen molar-refractivity contribution in [3.63, 3.8) is 0 Å². The Morgan fingerprint density at radius 2 is 2.00 bits per heavy atom. The Balaban J connectivity index is 2.43. The molecule has 0 radical (unpaired) electrons. The number of amides is 1. The lowest BCUT2D eigenvalue weighted by Gasteiger charge is -2.04. The van der Waals surface area contributed by atoms with Crippen LogP contribution in [0.3, 0.4) is 0 Å². The van der Waals surface area contributed by atoms with Crippen molar-refractivity contribution in [3.05, 3.63) is 51.4 Å². The summed E-state index contributed by atoms with van der Waals surface area (Å²) in [5.41, 5.74) is 0.539. The van der Waals surface area contributed by atoms with Gasteiger partial charge in [0, 0.05) is 23.3 Å². The highest BCUT2D eigenvalue weighted by Crippen LogP contribution is 2.20. The first-order valence-electron chi connectivity index (χ1n) is 6.72. The number of aromatic nitrogens is 1. The van der Waals surface area contributed by atoms with Crippen molar-refractivity contribution in [2.45, 2.75) is 25.2 Å². The Kier molecular flexibility index (Phi) is 4.60. The molecule has 0 aliphatic heterocycles. The fourth-order valence-electron chi connectivity index (χ4n) is 2.01. The van der Waals surface area contributed by atoms with Gasteiger partial charge in [-0.3, -0.25) is 14.9 Å². The minimum atomic E-state index is -3.04. The van der Waals surface area contributed by atoms with Crippen LogP contribution in [0.15, 0.2) is 38.0 Å². The van der Waals surface area contributed by atoms with E-state index in [1.165, 1.54) is 30.5 Å². The maximum atomic E-state index is 12.7. The average Bonchev–Trinajstić information content (AvgIpc) is 2.88. The van der Waals surface area contributed by atoms with Gasteiger partial charge in [0.1, 0.15) is 11.3 Å². The third-order valence-electron chi connectivity index (χ3n) is 3.22. The second-order valence-electron chi connectivity index (χ2n) is 4.86. The predicted octanol–water partition coefficient (Wildman–Crippen LogP) is 2.75. The normalized spacial score (nSPS) is 13.3. The van der Waals surface area contributed by atoms with Crippen LogP contribution in [0, 0.1) is 17.0 Å². The summed E-state index contributed by atoms with van der Waals surface area (Å²) in [5, 5.41) is 14.4. The summed E-state index contributed by atoms with van der Waals surface area (Å²) in [4.78, 5) is 22.6. The lowest BCUT2D eigenvalue weighted by Crippen LogP contribution is -2.06. The first-order valence-corrected chi connectivity index (χ1v) is 8.64. The van der Waals surface area contributed by atoms with E-state index in [0.717, 1.165) is 0 Å². The molecular formula is C14H15N3O5S. The van der Waals surface area contributed by atoms with Gasteiger partial charge < -0.3 is 4.52 Å². The van der Waals surface area contributed by atoms with Crippen LogP contribution in [0.5, 0.6) is 0 Å². The highest BCUT2D eigenvalue weighted by Gasteiger charge is 2.21. The molecule has 1 heterocycles. The molecule has 0 saturated heterocycles. The van der Waals surface area contributed by atoms with Gasteiger partial charge in [0.15, 0.2) is 0 Å². The van der Waals surface area contributed by atoms with Crippen LogP contribution in [-0.4, -0.2) is 26.5 Å². The first-order chi connectivity index (χ1) is 10.8. The third kappa shape index (κ3) is 3.45. The standard InChI is InChI=1S/C14H15N3O5S/c1-4-12-13(9(2)22-15-12)14(18)16-23(3,21)11-7-5-10(6-8-11)17(19)20/h5-8H,4H2,1-3H3. The van der Waals surface area contributed by atoms with Gasteiger partial charge in [-0.15, -0.1) is 0 Å². The molecule has 8 nitrogen and oxygen atoms in total. The average molecular weight is 337 g/mol. The SMILES string of the molecule is CCc1noc(C)c1C(=O)N=S(C)(=O)c1ccc([N+](=O)[O-])cc1. The zero-order valence-corrected chi connectivity index (χ0v) is 13.6. The number of nitro groups is 1. The molecule has 0 spiro atoms. The first kappa shape index (κ1) is 16.8. The van der Waals surface area contributed by atoms with Gasteiger partial charge in [-0.1, -0.05) is 12.1 Å². The van der Waals surface area contributed by atoms with E-state index in [4.69, 9.17) is 4.52 Å². The van der Waals surface area contributed by atoms with Crippen LogP contribution in [0.4, 0.5) is 5.69 Å². The molecule has 0 bridgehead atoms. The Morgan fingerprint density at radius 3 is 2.52 bits per heavy atom. The summed E-state index contributed by atoms with van der Waals surface area (Å²) in [7, 11) is -3.04. The Labute approximate surface area is 132 Å². The number of benzene rings is 1. The number of non-ortho nitro benzene ring substituents is 1. The summed E-state index contributed by atoms with van der Waals surface area (Å²) in [6, 6.07) is 5.11. The van der Waals surface area contributed by atoms with Crippen molar-refractivity contribution < 1.29 is 18.4 Å². The summed E-state index contributed by atoms with van der Waals surface area (Å²) in [5.74, 6) is -0.360. The van der Waals surface area contributed by atoms with Crippen molar-refractivity contribution >= 4 is 21.3 Å². The predicted molar refractivity (Wildman–Crippen MR) is 82.8 cm³/mol. The van der Waals surface area contributed by atoms with Gasteiger partial charge >= 0.3 is 0 Å². The molecule has 1 unspecified atom stereocenters. The number of rotatable bonds is 4. The smallest absolute Gasteiger partial charge is 0.290 e. The molecular weight excluding hydrogens is 322 g/mol. The van der Waals surface area contributed by atoms with Crippen LogP contribution in [-0.2, 0) is 16.1 Å². The largest absolute Gasteiger partial charge is 0.361 e. The van der Waals surface area contributed by atoms with Crippen LogP contribution < -0.4 is 0 Å². The van der Waals surface area contributed by atoms with E-state index < -0.39 is 20.6 Å². The Hall–Kier alpha value is -2.55. The number of nitro benzene ring substituents is 1. The fraction of sp³-hybridized carbons (Fsp3) is 0.286. The van der Waals surface area contributed by atoms with E-state index in [0.29, 0.717) is 17.9 Å². The lowest BCUT2D eigenvalue weighted by molar-refractivity contribution is -0.384. The highest BCUT2D eigenvalue weighted by molar-refractivity contribution is 7.93. The lowest BCUT2D eigenvalue weighted by atomic mass is 10.1. The van der Waals surface area contributed by atoms with Crippen LogP contribution in [0.25, 0.3) is 0 Å². The van der Waals surface area contributed by atoms with Crippen molar-refractivity contribution in [2.24, 2.45) is 4.36 Å². The second kappa shape index (κ2) is 6.29. The zero-order valence-electron chi connectivity index (χ0n) is 12.8. The maximum absolute atomic E-state index is 12.7. The number of hydrogen-bond donors (Lipinski definition) is 0. The second-order valence-corrected chi connectivity index (χ2v) is 7.12. The van der Waals surface area contributed by atoms with Gasteiger partial charge in [-0.2, -0.15) is 4.36 Å². The monoisotopic (exact) mass is 337 g/mol. The van der Waals surface area contributed by atoms with Crippen molar-refractivity contribution in [1.29, 1.82) is 0 Å². The van der Waals surface area contributed by atoms with E-state index in [2.05, 4.69) is 9.52 Å². The Morgan fingerprint density at radius 1 is 1.39 bits per heavy atom. The summed E-state index contributed by atoms with van der Waals surface area (Å²) < 4.78 is 21.4. The van der Waals surface area contributed by atoms with Crippen molar-refractivity contribution in [3.8, 4) is 0 Å². The molecule has 23 heavy (non-hydrogen) atoms. The molecule has 2 rings (SSSR count). The van der Waals surface area contributed by atoms with Gasteiger partial charge in [0.2, 0.25) is 0 Å². The van der Waals surface area contributed by atoms with Gasteiger partial charge in [0.05, 0.1) is 20.3 Å². The summed E-state index contributed by atoms with van der Waals surface area (Å²) in [6.45, 7) is 3.39. The molecule has 0 N–H and O–H groups in total. The van der Waals surface area contributed by atoms with Crippen LogP contribution in [0.2, 0.25) is 0 Å². The molecule has 1 aromatic heterocycles. The van der Waals surface area contributed by atoms with Gasteiger partial charge in [-0.25, -0.2) is 4.21 Å². The number of aryl methyl sites for hydroxylation is 2. The molecule has 0 aliphatic rings. The van der Waals surface area contributed by atoms with Gasteiger partial charge in [0.25, 0.3) is 11.6 Å². The minimum Gasteiger partial charge on any atom is -0.361 e. The topological polar surface area (TPSA) is 116 Å². The molecule has 1 aromatic carbocycles. The number of hydrogen-bond acceptors (Lipinski definition) is 6. The molecule has 0 saturated carbocycles. The van der Waals surface area contributed by atoms with E-state index in [1.54, 1.807) is 6.92 Å². The van der Waals surface area contributed by atoms with Crippen LogP contribution >= 0.6 is 0 Å². The molecule has 122 valence electrons. The molecule has 9 heteroatoms. The quantitative estimate of drug-likeness (QED) is 0.625. The minimum absolute atomic E-state index is 0.126. The van der Waals surface area contributed by atoms with Crippen molar-refractivity contribution in [2.75, 3.05) is 6.26 Å². The summed E-state index contributed by atoms with van der Waals surface area (Å²) >= 11 is 0. The summed E-state index contributed by atoms with van der Waals surface area (Å²) in [6.07, 6.45) is 1.79. The van der Waals surface area contributed by atoms with E-state index in [9.17, 15) is 19.1 Å². The molecule has 1 atom stereocenters.